The van der Waals surface area contributed by atoms with E-state index >= 15 is 0 Å². The molecule has 1 amide bonds. The smallest absolute Gasteiger partial charge is 0.256 e. The number of halogens is 1. The van der Waals surface area contributed by atoms with Crippen LogP contribution in [-0.2, 0) is 0 Å². The SMILES string of the molecule is COc1cccc(C(=O)N2CCCC(C(C)O)C2)c1F. The van der Waals surface area contributed by atoms with Gasteiger partial charge in [-0.15, -0.1) is 0 Å². The zero-order chi connectivity index (χ0) is 14.7. The molecule has 110 valence electrons. The monoisotopic (exact) mass is 281 g/mol. The van der Waals surface area contributed by atoms with Crippen LogP contribution in [0.1, 0.15) is 30.1 Å². The van der Waals surface area contributed by atoms with Gasteiger partial charge in [0.1, 0.15) is 0 Å². The van der Waals surface area contributed by atoms with E-state index in [9.17, 15) is 14.3 Å². The third-order valence-corrected chi connectivity index (χ3v) is 3.84. The van der Waals surface area contributed by atoms with Gasteiger partial charge in [0.2, 0.25) is 0 Å². The van der Waals surface area contributed by atoms with Gasteiger partial charge in [-0.1, -0.05) is 6.07 Å². The molecule has 1 fully saturated rings. The minimum absolute atomic E-state index is 0.0237. The molecule has 5 heteroatoms. The van der Waals surface area contributed by atoms with Gasteiger partial charge in [-0.25, -0.2) is 4.39 Å². The van der Waals surface area contributed by atoms with E-state index in [1.54, 1.807) is 17.9 Å². The zero-order valence-corrected chi connectivity index (χ0v) is 11.8. The van der Waals surface area contributed by atoms with Crippen LogP contribution in [0.5, 0.6) is 5.75 Å². The van der Waals surface area contributed by atoms with Crippen molar-refractivity contribution in [3.05, 3.63) is 29.6 Å². The molecule has 0 radical (unpaired) electrons. The van der Waals surface area contributed by atoms with Crippen molar-refractivity contribution in [3.63, 3.8) is 0 Å². The molecular formula is C15H20FNO3. The number of carbonyl (C=O) groups is 1. The van der Waals surface area contributed by atoms with Crippen LogP contribution in [0.3, 0.4) is 0 Å². The molecule has 1 aliphatic heterocycles. The molecule has 0 aromatic heterocycles. The van der Waals surface area contributed by atoms with Crippen molar-refractivity contribution in [2.24, 2.45) is 5.92 Å². The first-order chi connectivity index (χ1) is 9.54. The van der Waals surface area contributed by atoms with Crippen molar-refractivity contribution < 1.29 is 19.0 Å². The lowest BCUT2D eigenvalue weighted by molar-refractivity contribution is 0.0462. The Balaban J connectivity index is 2.19. The Kier molecular flexibility index (Phi) is 4.60. The lowest BCUT2D eigenvalue weighted by Gasteiger charge is -2.34. The molecule has 0 aliphatic carbocycles. The van der Waals surface area contributed by atoms with Gasteiger partial charge in [-0.3, -0.25) is 4.79 Å². The van der Waals surface area contributed by atoms with Crippen molar-refractivity contribution in [2.75, 3.05) is 20.2 Å². The van der Waals surface area contributed by atoms with Gasteiger partial charge in [0.05, 0.1) is 18.8 Å². The molecule has 1 aromatic carbocycles. The molecule has 0 bridgehead atoms. The quantitative estimate of drug-likeness (QED) is 0.922. The minimum Gasteiger partial charge on any atom is -0.494 e. The highest BCUT2D eigenvalue weighted by atomic mass is 19.1. The number of piperidine rings is 1. The number of nitrogens with zero attached hydrogens (tertiary/aromatic N) is 1. The summed E-state index contributed by atoms with van der Waals surface area (Å²) in [5.41, 5.74) is 0.0237. The Bertz CT molecular complexity index is 490. The van der Waals surface area contributed by atoms with Gasteiger partial charge >= 0.3 is 0 Å². The zero-order valence-electron chi connectivity index (χ0n) is 11.8. The van der Waals surface area contributed by atoms with E-state index in [1.165, 1.54) is 19.2 Å². The topological polar surface area (TPSA) is 49.8 Å². The summed E-state index contributed by atoms with van der Waals surface area (Å²) in [6.45, 7) is 2.79. The molecular weight excluding hydrogens is 261 g/mol. The summed E-state index contributed by atoms with van der Waals surface area (Å²) in [4.78, 5) is 14.0. The predicted octanol–water partition coefficient (Wildman–Crippen LogP) is 2.07. The second kappa shape index (κ2) is 6.22. The van der Waals surface area contributed by atoms with Crippen molar-refractivity contribution >= 4 is 5.91 Å². The Labute approximate surface area is 118 Å². The standard InChI is InChI=1S/C15H20FNO3/c1-10(18)11-5-4-8-17(9-11)15(19)12-6-3-7-13(20-2)14(12)16/h3,6-7,10-11,18H,4-5,8-9H2,1-2H3. The lowest BCUT2D eigenvalue weighted by atomic mass is 9.93. The maximum atomic E-state index is 14.1. The fourth-order valence-corrected chi connectivity index (χ4v) is 2.59. The van der Waals surface area contributed by atoms with E-state index in [0.717, 1.165) is 12.8 Å². The second-order valence-electron chi connectivity index (χ2n) is 5.22. The number of ether oxygens (including phenoxy) is 1. The molecule has 1 heterocycles. The van der Waals surface area contributed by atoms with Gasteiger partial charge in [-0.05, 0) is 31.9 Å². The largest absolute Gasteiger partial charge is 0.494 e. The molecule has 2 atom stereocenters. The summed E-state index contributed by atoms with van der Waals surface area (Å²) >= 11 is 0. The summed E-state index contributed by atoms with van der Waals surface area (Å²) in [5, 5.41) is 9.65. The number of carbonyl (C=O) groups excluding carboxylic acids is 1. The highest BCUT2D eigenvalue weighted by Gasteiger charge is 2.28. The highest BCUT2D eigenvalue weighted by Crippen LogP contribution is 2.25. The summed E-state index contributed by atoms with van der Waals surface area (Å²) in [5.74, 6) is -0.841. The Morgan fingerprint density at radius 1 is 1.55 bits per heavy atom. The lowest BCUT2D eigenvalue weighted by Crippen LogP contribution is -2.43. The molecule has 0 saturated carbocycles. The van der Waals surface area contributed by atoms with E-state index in [1.807, 2.05) is 0 Å². The summed E-state index contributed by atoms with van der Waals surface area (Å²) in [7, 11) is 1.37. The first-order valence-electron chi connectivity index (χ1n) is 6.84. The normalized spacial score (nSPS) is 20.6. The van der Waals surface area contributed by atoms with Crippen molar-refractivity contribution in [1.82, 2.24) is 4.90 Å². The van der Waals surface area contributed by atoms with Crippen LogP contribution >= 0.6 is 0 Å². The number of likely N-dealkylation sites (tertiary alicyclic amines) is 1. The molecule has 1 aliphatic rings. The number of hydrogen-bond acceptors (Lipinski definition) is 3. The number of methoxy groups -OCH3 is 1. The predicted molar refractivity (Wildman–Crippen MR) is 73.3 cm³/mol. The number of amides is 1. The molecule has 0 spiro atoms. The molecule has 1 N–H and O–H groups in total. The maximum Gasteiger partial charge on any atom is 0.256 e. The maximum absolute atomic E-state index is 14.1. The van der Waals surface area contributed by atoms with Crippen molar-refractivity contribution in [3.8, 4) is 5.75 Å². The Morgan fingerprint density at radius 3 is 2.95 bits per heavy atom. The van der Waals surface area contributed by atoms with Gasteiger partial charge in [-0.2, -0.15) is 0 Å². The minimum atomic E-state index is -0.626. The van der Waals surface area contributed by atoms with Crippen LogP contribution in [0.2, 0.25) is 0 Å². The van der Waals surface area contributed by atoms with Gasteiger partial charge in [0.15, 0.2) is 11.6 Å². The first-order valence-corrected chi connectivity index (χ1v) is 6.84. The van der Waals surface area contributed by atoms with Crippen LogP contribution < -0.4 is 4.74 Å². The van der Waals surface area contributed by atoms with Crippen molar-refractivity contribution in [2.45, 2.75) is 25.9 Å². The van der Waals surface area contributed by atoms with Gasteiger partial charge in [0.25, 0.3) is 5.91 Å². The van der Waals surface area contributed by atoms with Crippen LogP contribution in [0.25, 0.3) is 0 Å². The Hall–Kier alpha value is -1.62. The average molecular weight is 281 g/mol. The summed E-state index contributed by atoms with van der Waals surface area (Å²) in [6.07, 6.45) is 1.26. The van der Waals surface area contributed by atoms with E-state index in [-0.39, 0.29) is 23.1 Å². The summed E-state index contributed by atoms with van der Waals surface area (Å²) in [6, 6.07) is 4.55. The molecule has 2 unspecified atom stereocenters. The third kappa shape index (κ3) is 2.93. The van der Waals surface area contributed by atoms with Crippen LogP contribution in [-0.4, -0.2) is 42.2 Å². The molecule has 4 nitrogen and oxygen atoms in total. The summed E-state index contributed by atoms with van der Waals surface area (Å²) < 4.78 is 19.0. The molecule has 2 rings (SSSR count). The number of aliphatic hydroxyl groups excluding tert-OH is 1. The second-order valence-corrected chi connectivity index (χ2v) is 5.22. The average Bonchev–Trinajstić information content (AvgIpc) is 2.47. The van der Waals surface area contributed by atoms with E-state index in [4.69, 9.17) is 4.74 Å². The fourth-order valence-electron chi connectivity index (χ4n) is 2.59. The van der Waals surface area contributed by atoms with Crippen LogP contribution in [0.15, 0.2) is 18.2 Å². The molecule has 20 heavy (non-hydrogen) atoms. The molecule has 1 saturated heterocycles. The van der Waals surface area contributed by atoms with E-state index in [0.29, 0.717) is 13.1 Å². The van der Waals surface area contributed by atoms with Gasteiger partial charge in [0, 0.05) is 19.0 Å². The van der Waals surface area contributed by atoms with Crippen molar-refractivity contribution in [1.29, 1.82) is 0 Å². The number of hydrogen-bond donors (Lipinski definition) is 1. The van der Waals surface area contributed by atoms with Crippen LogP contribution in [0.4, 0.5) is 4.39 Å². The Morgan fingerprint density at radius 2 is 2.30 bits per heavy atom. The first kappa shape index (κ1) is 14.8. The van der Waals surface area contributed by atoms with Crippen LogP contribution in [0, 0.1) is 11.7 Å². The number of aliphatic hydroxyl groups is 1. The fraction of sp³-hybridized carbons (Fsp3) is 0.533. The van der Waals surface area contributed by atoms with Gasteiger partial charge < -0.3 is 14.7 Å². The van der Waals surface area contributed by atoms with E-state index in [2.05, 4.69) is 0 Å². The number of benzene rings is 1. The van der Waals surface area contributed by atoms with E-state index < -0.39 is 11.9 Å². The number of rotatable bonds is 3. The highest BCUT2D eigenvalue weighted by molar-refractivity contribution is 5.95. The molecule has 1 aromatic rings. The third-order valence-electron chi connectivity index (χ3n) is 3.84.